The number of nitrogens with zero attached hydrogens (tertiary/aromatic N) is 3. The van der Waals surface area contributed by atoms with Crippen LogP contribution in [0.4, 0.5) is 0 Å². The third-order valence-electron chi connectivity index (χ3n) is 5.65. The van der Waals surface area contributed by atoms with Crippen LogP contribution < -0.4 is 5.73 Å². The molecule has 0 bridgehead atoms. The first kappa shape index (κ1) is 21.4. The number of sulfonamides is 1. The summed E-state index contributed by atoms with van der Waals surface area (Å²) in [6.45, 7) is 2.87. The van der Waals surface area contributed by atoms with Gasteiger partial charge in [0.15, 0.2) is 0 Å². The summed E-state index contributed by atoms with van der Waals surface area (Å²) < 4.78 is 33.5. The van der Waals surface area contributed by atoms with Crippen molar-refractivity contribution < 1.29 is 17.9 Å². The first-order valence-electron chi connectivity index (χ1n) is 10.1. The van der Waals surface area contributed by atoms with Gasteiger partial charge in [0, 0.05) is 43.8 Å². The lowest BCUT2D eigenvalue weighted by Crippen LogP contribution is -2.51. The number of nitrogens with two attached hydrogens (primary N) is 1. The zero-order chi connectivity index (χ0) is 21.1. The van der Waals surface area contributed by atoms with E-state index in [1.54, 1.807) is 4.90 Å². The number of hydrogen-bond donors (Lipinski definition) is 1. The van der Waals surface area contributed by atoms with Crippen molar-refractivity contribution in [3.05, 3.63) is 47.0 Å². The molecule has 0 radical (unpaired) electrons. The molecule has 10 heteroatoms. The van der Waals surface area contributed by atoms with E-state index in [9.17, 15) is 13.2 Å². The van der Waals surface area contributed by atoms with Crippen LogP contribution >= 0.6 is 11.3 Å². The number of piperidine rings is 1. The third-order valence-corrected chi connectivity index (χ3v) is 8.88. The molecule has 0 spiro atoms. The number of benzene rings is 1. The lowest BCUT2D eigenvalue weighted by molar-refractivity contribution is -0.141. The number of ether oxygens (including phenoxy) is 1. The monoisotopic (exact) mass is 450 g/mol. The highest BCUT2D eigenvalue weighted by atomic mass is 32.2. The van der Waals surface area contributed by atoms with Crippen LogP contribution in [0.1, 0.15) is 22.8 Å². The summed E-state index contributed by atoms with van der Waals surface area (Å²) in [5.41, 5.74) is 6.67. The van der Waals surface area contributed by atoms with Crippen molar-refractivity contribution in [1.82, 2.24) is 14.2 Å². The lowest BCUT2D eigenvalue weighted by Gasteiger charge is -2.39. The molecule has 2 aliphatic heterocycles. The molecule has 2 N–H and O–H groups in total. The molecule has 1 aromatic carbocycles. The summed E-state index contributed by atoms with van der Waals surface area (Å²) in [5.74, 6) is -0.453. The van der Waals surface area contributed by atoms with Gasteiger partial charge in [0.05, 0.1) is 19.1 Å². The van der Waals surface area contributed by atoms with Gasteiger partial charge in [-0.2, -0.15) is 4.31 Å². The van der Waals surface area contributed by atoms with Gasteiger partial charge >= 0.3 is 0 Å². The van der Waals surface area contributed by atoms with Crippen molar-refractivity contribution in [2.75, 3.05) is 39.4 Å². The van der Waals surface area contributed by atoms with Gasteiger partial charge < -0.3 is 15.4 Å². The van der Waals surface area contributed by atoms with Gasteiger partial charge in [-0.15, -0.1) is 11.3 Å². The van der Waals surface area contributed by atoms with Crippen LogP contribution in [0.5, 0.6) is 0 Å². The van der Waals surface area contributed by atoms with E-state index >= 15 is 0 Å². The van der Waals surface area contributed by atoms with Gasteiger partial charge in [0.2, 0.25) is 10.2 Å². The molecule has 0 aliphatic carbocycles. The van der Waals surface area contributed by atoms with Gasteiger partial charge in [-0.3, -0.25) is 4.79 Å². The smallest absolute Gasteiger partial charge is 0.270 e. The minimum Gasteiger partial charge on any atom is -0.378 e. The predicted molar refractivity (Wildman–Crippen MR) is 113 cm³/mol. The Morgan fingerprint density at radius 1 is 1.20 bits per heavy atom. The second-order valence-corrected chi connectivity index (χ2v) is 10.8. The number of rotatable bonds is 5. The van der Waals surface area contributed by atoms with E-state index in [0.29, 0.717) is 44.1 Å². The quantitative estimate of drug-likeness (QED) is 0.735. The molecule has 3 heterocycles. The van der Waals surface area contributed by atoms with E-state index in [-0.39, 0.29) is 29.3 Å². The molecular formula is C20H26N4O4S2. The highest BCUT2D eigenvalue weighted by Crippen LogP contribution is 2.35. The van der Waals surface area contributed by atoms with E-state index in [4.69, 9.17) is 10.5 Å². The van der Waals surface area contributed by atoms with Crippen molar-refractivity contribution in [3.63, 3.8) is 0 Å². The molecule has 30 heavy (non-hydrogen) atoms. The maximum atomic E-state index is 13.3. The van der Waals surface area contributed by atoms with E-state index in [1.807, 2.05) is 30.3 Å². The number of carbonyl (C=O) groups excluding carboxylic acids is 1. The molecule has 1 aromatic heterocycles. The van der Waals surface area contributed by atoms with Crippen LogP contribution in [0.2, 0.25) is 0 Å². The third kappa shape index (κ3) is 4.42. The molecule has 2 aliphatic rings. The Labute approximate surface area is 180 Å². The lowest BCUT2D eigenvalue weighted by atomic mass is 9.85. The number of hydrogen-bond acceptors (Lipinski definition) is 7. The molecule has 2 fully saturated rings. The van der Waals surface area contributed by atoms with Gasteiger partial charge in [0.25, 0.3) is 10.0 Å². The summed E-state index contributed by atoms with van der Waals surface area (Å²) in [5, 5.41) is 0. The minimum absolute atomic E-state index is 0.000849. The second-order valence-electron chi connectivity index (χ2n) is 7.60. The second kappa shape index (κ2) is 9.11. The number of aromatic nitrogens is 1. The summed E-state index contributed by atoms with van der Waals surface area (Å²) >= 11 is 1.09. The predicted octanol–water partition coefficient (Wildman–Crippen LogP) is 1.26. The van der Waals surface area contributed by atoms with Gasteiger partial charge in [0.1, 0.15) is 0 Å². The number of carbonyl (C=O) groups is 1. The molecule has 8 nitrogen and oxygen atoms in total. The maximum Gasteiger partial charge on any atom is 0.270 e. The average Bonchev–Trinajstić information content (AvgIpc) is 3.30. The maximum absolute atomic E-state index is 13.3. The van der Waals surface area contributed by atoms with Crippen LogP contribution in [0.25, 0.3) is 0 Å². The van der Waals surface area contributed by atoms with Crippen molar-refractivity contribution >= 4 is 27.3 Å². The van der Waals surface area contributed by atoms with Crippen molar-refractivity contribution in [3.8, 4) is 0 Å². The van der Waals surface area contributed by atoms with Gasteiger partial charge in [-0.1, -0.05) is 30.3 Å². The van der Waals surface area contributed by atoms with E-state index in [2.05, 4.69) is 4.98 Å². The number of morpholine rings is 1. The molecule has 1 amide bonds. The molecule has 2 saturated heterocycles. The Morgan fingerprint density at radius 3 is 2.60 bits per heavy atom. The van der Waals surface area contributed by atoms with Gasteiger partial charge in [-0.05, 0) is 17.9 Å². The molecule has 0 saturated carbocycles. The largest absolute Gasteiger partial charge is 0.378 e. The SMILES string of the molecule is NCc1cnc(S(=O)(=O)N2C[C@H](C(=O)N3CCOCC3)C[C@@H](c3ccccc3)C2)s1. The van der Waals surface area contributed by atoms with Crippen LogP contribution in [0.3, 0.4) is 0 Å². The number of amides is 1. The Morgan fingerprint density at radius 2 is 1.93 bits per heavy atom. The topological polar surface area (TPSA) is 106 Å². The fourth-order valence-electron chi connectivity index (χ4n) is 4.06. The fraction of sp³-hybridized carbons (Fsp3) is 0.500. The van der Waals surface area contributed by atoms with Crippen LogP contribution in [-0.2, 0) is 26.1 Å². The Bertz CT molecular complexity index is 974. The zero-order valence-electron chi connectivity index (χ0n) is 16.6. The Kier molecular flexibility index (Phi) is 6.49. The Balaban J connectivity index is 1.62. The van der Waals surface area contributed by atoms with Crippen LogP contribution in [0.15, 0.2) is 40.9 Å². The average molecular weight is 451 g/mol. The summed E-state index contributed by atoms with van der Waals surface area (Å²) in [6.07, 6.45) is 2.13. The first-order valence-corrected chi connectivity index (χ1v) is 12.3. The van der Waals surface area contributed by atoms with E-state index < -0.39 is 15.9 Å². The molecule has 2 aromatic rings. The summed E-state index contributed by atoms with van der Waals surface area (Å²) in [6, 6.07) is 9.80. The number of thiazole rings is 1. The van der Waals surface area contributed by atoms with E-state index in [1.165, 1.54) is 10.5 Å². The summed E-state index contributed by atoms with van der Waals surface area (Å²) in [4.78, 5) is 19.8. The van der Waals surface area contributed by atoms with Crippen LogP contribution in [0, 0.1) is 5.92 Å². The zero-order valence-corrected chi connectivity index (χ0v) is 18.3. The van der Waals surface area contributed by atoms with Crippen molar-refractivity contribution in [2.24, 2.45) is 11.7 Å². The highest BCUT2D eigenvalue weighted by Gasteiger charge is 2.40. The normalized spacial score (nSPS) is 23.4. The molecular weight excluding hydrogens is 424 g/mol. The Hall–Kier alpha value is -1.85. The van der Waals surface area contributed by atoms with Crippen molar-refractivity contribution in [2.45, 2.75) is 23.2 Å². The minimum atomic E-state index is -3.80. The van der Waals surface area contributed by atoms with Crippen LogP contribution in [-0.4, -0.2) is 67.9 Å². The highest BCUT2D eigenvalue weighted by molar-refractivity contribution is 7.91. The van der Waals surface area contributed by atoms with E-state index in [0.717, 1.165) is 16.9 Å². The standard InChI is InChI=1S/C20H26N4O4S2/c21-11-18-12-22-20(29-18)30(26,27)24-13-16(15-4-2-1-3-5-15)10-17(14-24)19(25)23-6-8-28-9-7-23/h1-5,12,16-17H,6-11,13-14,21H2/t16-,17-/m1/s1. The molecule has 0 unspecified atom stereocenters. The first-order chi connectivity index (χ1) is 14.5. The van der Waals surface area contributed by atoms with Crippen molar-refractivity contribution in [1.29, 1.82) is 0 Å². The molecule has 4 rings (SSSR count). The molecule has 2 atom stereocenters. The van der Waals surface area contributed by atoms with Gasteiger partial charge in [-0.25, -0.2) is 13.4 Å². The summed E-state index contributed by atoms with van der Waals surface area (Å²) in [7, 11) is -3.80. The fourth-order valence-corrected chi connectivity index (χ4v) is 6.79. The molecule has 162 valence electrons.